The molecule has 1 unspecified atom stereocenters. The van der Waals surface area contributed by atoms with Crippen LogP contribution in [-0.2, 0) is 23.1 Å². The first-order chi connectivity index (χ1) is 17.3. The number of carboxylic acid groups (broad SMARTS) is 1. The van der Waals surface area contributed by atoms with Gasteiger partial charge in [0.2, 0.25) is 0 Å². The molecule has 7 nitrogen and oxygen atoms in total. The number of carboxylic acids is 1. The van der Waals surface area contributed by atoms with Gasteiger partial charge in [-0.3, -0.25) is 4.79 Å². The van der Waals surface area contributed by atoms with Crippen LogP contribution in [-0.4, -0.2) is 33.0 Å². The van der Waals surface area contributed by atoms with Crippen LogP contribution in [0.4, 0.5) is 4.39 Å². The minimum Gasteiger partial charge on any atom is -0.478 e. The van der Waals surface area contributed by atoms with Crippen molar-refractivity contribution < 1.29 is 23.9 Å². The molecule has 1 heterocycles. The summed E-state index contributed by atoms with van der Waals surface area (Å²) in [6.07, 6.45) is 4.10. The first-order valence-electron chi connectivity index (χ1n) is 11.6. The van der Waals surface area contributed by atoms with Crippen molar-refractivity contribution >= 4 is 29.8 Å². The summed E-state index contributed by atoms with van der Waals surface area (Å²) in [7, 11) is 0. The fourth-order valence-electron chi connectivity index (χ4n) is 5.20. The number of hydrogen-bond acceptors (Lipinski definition) is 5. The Bertz CT molecular complexity index is 1470. The molecule has 36 heavy (non-hydrogen) atoms. The minimum absolute atomic E-state index is 0.0687. The van der Waals surface area contributed by atoms with E-state index in [1.54, 1.807) is 18.2 Å². The molecule has 0 radical (unpaired) electrons. The maximum absolute atomic E-state index is 15.0. The van der Waals surface area contributed by atoms with Crippen LogP contribution >= 0.6 is 11.6 Å². The number of carbonyl (C=O) groups excluding carboxylic acids is 2. The standard InChI is InChI=1S/C27H21ClFN3O4/c28-20-4-1-3-19(27(14-30)9-2-10-27)23(20)25(34)32-22-11-15(13-33)5-7-18(22)24(31-32)17-8-6-16(26(35)36)12-21(17)29/h1,3-4,6,8,12-13,15H,2,5,7,9-11H2,(H,35,36). The third-order valence-electron chi connectivity index (χ3n) is 7.33. The number of benzene rings is 2. The second-order valence-corrected chi connectivity index (χ2v) is 9.75. The van der Waals surface area contributed by atoms with Gasteiger partial charge in [0.25, 0.3) is 5.91 Å². The molecule has 0 amide bonds. The minimum atomic E-state index is -1.26. The molecule has 1 N–H and O–H groups in total. The normalized spacial score (nSPS) is 18.0. The summed E-state index contributed by atoms with van der Waals surface area (Å²) in [6.45, 7) is 0. The molecular weight excluding hydrogens is 485 g/mol. The third kappa shape index (κ3) is 3.71. The number of fused-ring (bicyclic) bond motifs is 1. The van der Waals surface area contributed by atoms with Gasteiger partial charge in [0, 0.05) is 17.0 Å². The number of aromatic nitrogens is 2. The largest absolute Gasteiger partial charge is 0.478 e. The van der Waals surface area contributed by atoms with Crippen molar-refractivity contribution in [1.82, 2.24) is 9.78 Å². The molecular formula is C27H21ClFN3O4. The fourth-order valence-corrected chi connectivity index (χ4v) is 5.45. The van der Waals surface area contributed by atoms with Crippen molar-refractivity contribution in [3.05, 3.63) is 75.2 Å². The van der Waals surface area contributed by atoms with Gasteiger partial charge in [-0.15, -0.1) is 0 Å². The zero-order valence-corrected chi connectivity index (χ0v) is 19.9. The summed E-state index contributed by atoms with van der Waals surface area (Å²) < 4.78 is 16.2. The molecule has 0 saturated heterocycles. The van der Waals surface area contributed by atoms with Gasteiger partial charge in [-0.25, -0.2) is 9.18 Å². The van der Waals surface area contributed by atoms with E-state index in [-0.39, 0.29) is 39.7 Å². The Balaban J connectivity index is 1.69. The van der Waals surface area contributed by atoms with Gasteiger partial charge in [-0.05, 0) is 68.4 Å². The Kier molecular flexibility index (Phi) is 5.97. The SMILES string of the molecule is N#CC1(c2cccc(Cl)c2C(=O)n2nc(-c3ccc(C(=O)O)cc3F)c3c2CC(C=O)CC3)CCC1. The highest BCUT2D eigenvalue weighted by Crippen LogP contribution is 2.46. The van der Waals surface area contributed by atoms with E-state index < -0.39 is 23.1 Å². The van der Waals surface area contributed by atoms with Gasteiger partial charge in [-0.1, -0.05) is 23.7 Å². The lowest BCUT2D eigenvalue weighted by molar-refractivity contribution is -0.111. The van der Waals surface area contributed by atoms with Gasteiger partial charge in [0.1, 0.15) is 12.1 Å². The Morgan fingerprint density at radius 1 is 1.28 bits per heavy atom. The summed E-state index contributed by atoms with van der Waals surface area (Å²) in [4.78, 5) is 36.8. The van der Waals surface area contributed by atoms with E-state index in [1.807, 2.05) is 0 Å². The van der Waals surface area contributed by atoms with E-state index in [1.165, 1.54) is 16.8 Å². The maximum atomic E-state index is 15.0. The zero-order valence-electron chi connectivity index (χ0n) is 19.1. The van der Waals surface area contributed by atoms with Gasteiger partial charge >= 0.3 is 5.97 Å². The quantitative estimate of drug-likeness (QED) is 0.489. The molecule has 1 aromatic heterocycles. The molecule has 3 aromatic rings. The predicted octanol–water partition coefficient (Wildman–Crippen LogP) is 4.98. The molecule has 0 aliphatic heterocycles. The summed E-state index contributed by atoms with van der Waals surface area (Å²) in [5.41, 5.74) is 1.12. The van der Waals surface area contributed by atoms with Crippen molar-refractivity contribution in [3.8, 4) is 17.3 Å². The van der Waals surface area contributed by atoms with E-state index in [0.29, 0.717) is 42.5 Å². The predicted molar refractivity (Wildman–Crippen MR) is 128 cm³/mol. The van der Waals surface area contributed by atoms with Gasteiger partial charge in [0.05, 0.1) is 39.0 Å². The first-order valence-corrected chi connectivity index (χ1v) is 12.0. The second kappa shape index (κ2) is 8.99. The van der Waals surface area contributed by atoms with Gasteiger partial charge in [-0.2, -0.15) is 15.0 Å². The van der Waals surface area contributed by atoms with Crippen LogP contribution < -0.4 is 0 Å². The summed E-state index contributed by atoms with van der Waals surface area (Å²) in [5, 5.41) is 23.8. The number of nitrogens with zero attached hydrogens (tertiary/aromatic N) is 3. The summed E-state index contributed by atoms with van der Waals surface area (Å²) in [6, 6.07) is 10.9. The van der Waals surface area contributed by atoms with Crippen molar-refractivity contribution in [2.24, 2.45) is 5.92 Å². The Hall–Kier alpha value is -3.83. The molecule has 2 aromatic carbocycles. The van der Waals surface area contributed by atoms with Crippen LogP contribution in [0.1, 0.15) is 63.2 Å². The summed E-state index contributed by atoms with van der Waals surface area (Å²) in [5.74, 6) is -2.90. The van der Waals surface area contributed by atoms with Crippen molar-refractivity contribution in [2.45, 2.75) is 43.9 Å². The van der Waals surface area contributed by atoms with Gasteiger partial charge in [0.15, 0.2) is 0 Å². The monoisotopic (exact) mass is 505 g/mol. The lowest BCUT2D eigenvalue weighted by Gasteiger charge is -2.37. The third-order valence-corrected chi connectivity index (χ3v) is 7.65. The highest BCUT2D eigenvalue weighted by molar-refractivity contribution is 6.34. The summed E-state index contributed by atoms with van der Waals surface area (Å²) >= 11 is 6.51. The topological polar surface area (TPSA) is 113 Å². The molecule has 2 aliphatic carbocycles. The Morgan fingerprint density at radius 2 is 2.06 bits per heavy atom. The number of aldehydes is 1. The molecule has 0 spiro atoms. The van der Waals surface area contributed by atoms with Gasteiger partial charge < -0.3 is 9.90 Å². The van der Waals surface area contributed by atoms with E-state index in [2.05, 4.69) is 11.2 Å². The lowest BCUT2D eigenvalue weighted by Crippen LogP contribution is -2.35. The average molecular weight is 506 g/mol. The van der Waals surface area contributed by atoms with Crippen LogP contribution in [0.5, 0.6) is 0 Å². The highest BCUT2D eigenvalue weighted by atomic mass is 35.5. The van der Waals surface area contributed by atoms with Crippen molar-refractivity contribution in [3.63, 3.8) is 0 Å². The molecule has 2 aliphatic rings. The van der Waals surface area contributed by atoms with Crippen LogP contribution in [0.25, 0.3) is 11.3 Å². The number of carbonyl (C=O) groups is 3. The number of rotatable bonds is 5. The number of halogens is 2. The van der Waals surface area contributed by atoms with E-state index in [0.717, 1.165) is 18.8 Å². The van der Waals surface area contributed by atoms with Crippen molar-refractivity contribution in [2.75, 3.05) is 0 Å². The first kappa shape index (κ1) is 23.9. The van der Waals surface area contributed by atoms with Crippen molar-refractivity contribution in [1.29, 1.82) is 5.26 Å². The smallest absolute Gasteiger partial charge is 0.335 e. The average Bonchev–Trinajstić information content (AvgIpc) is 3.22. The molecule has 182 valence electrons. The molecule has 1 saturated carbocycles. The van der Waals surface area contributed by atoms with E-state index in [9.17, 15) is 24.8 Å². The van der Waals surface area contributed by atoms with E-state index in [4.69, 9.17) is 11.6 Å². The molecule has 1 fully saturated rings. The fraction of sp³-hybridized carbons (Fsp3) is 0.296. The van der Waals surface area contributed by atoms with E-state index >= 15 is 4.39 Å². The Labute approximate surface area is 211 Å². The molecule has 5 rings (SSSR count). The second-order valence-electron chi connectivity index (χ2n) is 9.34. The van der Waals surface area contributed by atoms with Crippen LogP contribution in [0.2, 0.25) is 5.02 Å². The zero-order chi connectivity index (χ0) is 25.6. The lowest BCUT2D eigenvalue weighted by atomic mass is 9.64. The van der Waals surface area contributed by atoms with Crippen LogP contribution in [0, 0.1) is 23.1 Å². The molecule has 9 heteroatoms. The number of hydrogen-bond donors (Lipinski definition) is 1. The maximum Gasteiger partial charge on any atom is 0.335 e. The molecule has 0 bridgehead atoms. The Morgan fingerprint density at radius 3 is 2.67 bits per heavy atom. The highest BCUT2D eigenvalue weighted by Gasteiger charge is 2.43. The number of nitriles is 1. The number of aromatic carboxylic acids is 1. The van der Waals surface area contributed by atoms with Crippen LogP contribution in [0.3, 0.4) is 0 Å². The van der Waals surface area contributed by atoms with Crippen LogP contribution in [0.15, 0.2) is 36.4 Å². The molecule has 1 atom stereocenters.